The molecule has 0 saturated heterocycles. The Balaban J connectivity index is 0.000000119. The molecule has 0 atom stereocenters. The van der Waals surface area contributed by atoms with E-state index in [1.165, 1.54) is 77.9 Å². The van der Waals surface area contributed by atoms with E-state index in [4.69, 9.17) is 14.2 Å². The van der Waals surface area contributed by atoms with Gasteiger partial charge in [-0.25, -0.2) is 0 Å². The van der Waals surface area contributed by atoms with Crippen molar-refractivity contribution in [1.82, 2.24) is 0 Å². The minimum Gasteiger partial charge on any atom is -0.473 e. The first kappa shape index (κ1) is 44.1. The fourth-order valence-corrected chi connectivity index (χ4v) is 9.52. The highest BCUT2D eigenvalue weighted by atomic mass is 16.5. The summed E-state index contributed by atoms with van der Waals surface area (Å²) in [7, 11) is 0. The molecule has 68 heavy (non-hydrogen) atoms. The molecule has 0 amide bonds. The lowest BCUT2D eigenvalue weighted by atomic mass is 10.0. The van der Waals surface area contributed by atoms with Gasteiger partial charge in [-0.15, -0.1) is 0 Å². The monoisotopic (exact) mass is 895 g/mol. The van der Waals surface area contributed by atoms with E-state index in [1.54, 1.807) is 6.92 Å². The summed E-state index contributed by atoms with van der Waals surface area (Å²) >= 11 is 0. The number of Topliss-reactive ketones (excluding diaryl/α,β-unsaturated/α-hetero) is 1. The molecule has 7 heteroatoms. The summed E-state index contributed by atoms with van der Waals surface area (Å²) in [6, 6.07) is 63.8. The molecule has 340 valence electrons. The molecule has 9 aromatic rings. The first-order valence-electron chi connectivity index (χ1n) is 23.8. The maximum absolute atomic E-state index is 11.2. The summed E-state index contributed by atoms with van der Waals surface area (Å²) in [6.45, 7) is 10.3. The fraction of sp³-hybridized carbons (Fsp3) is 0.197. The van der Waals surface area contributed by atoms with Gasteiger partial charge < -0.3 is 28.9 Å². The average Bonchev–Trinajstić information content (AvgIpc) is 3.39. The number of anilines is 3. The second-order valence-electron chi connectivity index (χ2n) is 18.0. The van der Waals surface area contributed by atoms with Crippen molar-refractivity contribution in [2.24, 2.45) is 0 Å². The van der Waals surface area contributed by atoms with Gasteiger partial charge in [0.2, 0.25) is 0 Å². The molecule has 3 aliphatic rings. The van der Waals surface area contributed by atoms with Gasteiger partial charge in [0.15, 0.2) is 20.2 Å². The molecule has 0 radical (unpaired) electrons. The molecule has 0 bridgehead atoms. The van der Waals surface area contributed by atoms with Gasteiger partial charge in [-0.2, -0.15) is 0 Å². The Morgan fingerprint density at radius 3 is 1.16 bits per heavy atom. The van der Waals surface area contributed by atoms with E-state index in [1.807, 2.05) is 12.1 Å². The maximum Gasteiger partial charge on any atom is 0.161 e. The van der Waals surface area contributed by atoms with Gasteiger partial charge >= 0.3 is 0 Å². The lowest BCUT2D eigenvalue weighted by Gasteiger charge is -2.31. The van der Waals surface area contributed by atoms with E-state index in [2.05, 4.69) is 198 Å². The van der Waals surface area contributed by atoms with Crippen molar-refractivity contribution in [3.63, 3.8) is 0 Å². The first-order valence-corrected chi connectivity index (χ1v) is 23.8. The van der Waals surface area contributed by atoms with E-state index in [0.29, 0.717) is 26.6 Å². The predicted octanol–water partition coefficient (Wildman–Crippen LogP) is 14.0. The molecule has 0 aliphatic carbocycles. The second-order valence-corrected chi connectivity index (χ2v) is 18.0. The lowest BCUT2D eigenvalue weighted by Crippen LogP contribution is -2.31. The normalized spacial score (nSPS) is 13.7. The Bertz CT molecular complexity index is 3200. The Kier molecular flexibility index (Phi) is 13.0. The summed E-state index contributed by atoms with van der Waals surface area (Å²) < 4.78 is 17.9. The quantitative estimate of drug-likeness (QED) is 0.158. The van der Waals surface area contributed by atoms with Crippen molar-refractivity contribution >= 4 is 55.2 Å². The Hall–Kier alpha value is -7.77. The van der Waals surface area contributed by atoms with E-state index in [9.17, 15) is 4.79 Å². The van der Waals surface area contributed by atoms with Gasteiger partial charge in [-0.05, 0) is 118 Å². The molecule has 12 rings (SSSR count). The summed E-state index contributed by atoms with van der Waals surface area (Å²) in [4.78, 5) is 18.0. The first-order chi connectivity index (χ1) is 33.4. The van der Waals surface area contributed by atoms with Crippen LogP contribution in [0.2, 0.25) is 0 Å². The highest BCUT2D eigenvalue weighted by Gasteiger charge is 2.22. The van der Waals surface area contributed by atoms with E-state index < -0.39 is 0 Å². The highest BCUT2D eigenvalue weighted by Crippen LogP contribution is 2.37. The molecular weight excluding hydrogens is 839 g/mol. The molecule has 0 fully saturated rings. The van der Waals surface area contributed by atoms with Crippen molar-refractivity contribution < 1.29 is 19.0 Å². The number of rotatable bonds is 7. The second kappa shape index (κ2) is 20.0. The number of ketones is 1. The minimum absolute atomic E-state index is 0.185. The average molecular weight is 896 g/mol. The van der Waals surface area contributed by atoms with Crippen LogP contribution in [0.15, 0.2) is 182 Å². The zero-order chi connectivity index (χ0) is 46.4. The molecular formula is C61H57N3O4. The summed E-state index contributed by atoms with van der Waals surface area (Å²) in [6.07, 6.45) is 2.82. The summed E-state index contributed by atoms with van der Waals surface area (Å²) in [5.74, 6) is 3.18. The largest absolute Gasteiger partial charge is 0.473 e. The predicted molar refractivity (Wildman–Crippen MR) is 279 cm³/mol. The maximum atomic E-state index is 11.2. The number of aryl methyl sites for hydroxylation is 2. The van der Waals surface area contributed by atoms with Crippen molar-refractivity contribution in [2.75, 3.05) is 34.9 Å². The number of hydrogen-bond acceptors (Lipinski definition) is 7. The van der Waals surface area contributed by atoms with Crippen molar-refractivity contribution in [3.8, 4) is 17.2 Å². The van der Waals surface area contributed by atoms with Gasteiger partial charge in [0.1, 0.15) is 23.0 Å². The van der Waals surface area contributed by atoms with Crippen molar-refractivity contribution in [1.29, 1.82) is 0 Å². The standard InChI is InChI=1S/C21H19NO2.C21H21NO.C19H17NO/c1-15(23)12-16-6-9-18(10-7-16)22-13-20-19-5-3-2-4-17(19)8-11-21(20)24-14-22;1-2-5-16-8-11-18(12-9-16)22-14-20-19-7-4-3-6-17(19)10-13-21(20)23-15-22;1-14-6-9-16(10-7-14)20-12-18-17-5-3-2-4-15(17)8-11-19(18)21-13-20/h2-11H,12-14H2,1H3;3-4,6-13H,2,5,14-15H2,1H3;2-11H,12-13H2,1H3. The van der Waals surface area contributed by atoms with Crippen LogP contribution in [-0.2, 0) is 37.3 Å². The molecule has 0 spiro atoms. The van der Waals surface area contributed by atoms with E-state index in [0.717, 1.165) is 54.6 Å². The van der Waals surface area contributed by atoms with Crippen LogP contribution in [0.1, 0.15) is 53.6 Å². The Labute approximate surface area is 399 Å². The van der Waals surface area contributed by atoms with Crippen LogP contribution in [0.25, 0.3) is 32.3 Å². The third-order valence-corrected chi connectivity index (χ3v) is 13.2. The Morgan fingerprint density at radius 2 is 0.794 bits per heavy atom. The van der Waals surface area contributed by atoms with E-state index in [-0.39, 0.29) is 5.78 Å². The molecule has 7 nitrogen and oxygen atoms in total. The summed E-state index contributed by atoms with van der Waals surface area (Å²) in [5, 5.41) is 7.59. The zero-order valence-corrected chi connectivity index (χ0v) is 39.2. The van der Waals surface area contributed by atoms with Crippen LogP contribution in [0.4, 0.5) is 17.1 Å². The van der Waals surface area contributed by atoms with Crippen LogP contribution in [-0.4, -0.2) is 26.0 Å². The molecule has 0 aromatic heterocycles. The zero-order valence-electron chi connectivity index (χ0n) is 39.2. The number of ether oxygens (including phenoxy) is 3. The Morgan fingerprint density at radius 1 is 0.441 bits per heavy atom. The van der Waals surface area contributed by atoms with Gasteiger partial charge in [0, 0.05) is 40.2 Å². The van der Waals surface area contributed by atoms with Crippen molar-refractivity contribution in [3.05, 3.63) is 215 Å². The molecule has 9 aromatic carbocycles. The van der Waals surface area contributed by atoms with Crippen LogP contribution < -0.4 is 28.9 Å². The van der Waals surface area contributed by atoms with Crippen LogP contribution >= 0.6 is 0 Å². The lowest BCUT2D eigenvalue weighted by molar-refractivity contribution is -0.116. The van der Waals surface area contributed by atoms with E-state index >= 15 is 0 Å². The van der Waals surface area contributed by atoms with Gasteiger partial charge in [-0.1, -0.05) is 146 Å². The fourth-order valence-electron chi connectivity index (χ4n) is 9.52. The third kappa shape index (κ3) is 9.70. The molecule has 0 saturated carbocycles. The molecule has 3 heterocycles. The number of hydrogen-bond donors (Lipinski definition) is 0. The minimum atomic E-state index is 0.185. The molecule has 0 N–H and O–H groups in total. The summed E-state index contributed by atoms with van der Waals surface area (Å²) in [5.41, 5.74) is 11.1. The molecule has 0 unspecified atom stereocenters. The number of fused-ring (bicyclic) bond motifs is 9. The van der Waals surface area contributed by atoms with Crippen LogP contribution in [0, 0.1) is 6.92 Å². The van der Waals surface area contributed by atoms with Crippen LogP contribution in [0.3, 0.4) is 0 Å². The smallest absolute Gasteiger partial charge is 0.161 e. The SMILES string of the molecule is CC(=O)Cc1ccc(N2COc3ccc4ccccc4c3C2)cc1.CCCc1ccc(N2COc3ccc4ccccc4c3C2)cc1.Cc1ccc(N2COc3ccc4ccccc4c3C2)cc1. The van der Waals surface area contributed by atoms with Gasteiger partial charge in [-0.3, -0.25) is 4.79 Å². The van der Waals surface area contributed by atoms with Crippen molar-refractivity contribution in [2.45, 2.75) is 59.7 Å². The third-order valence-electron chi connectivity index (χ3n) is 13.2. The molecule has 3 aliphatic heterocycles. The van der Waals surface area contributed by atoms with Crippen LogP contribution in [0.5, 0.6) is 17.2 Å². The van der Waals surface area contributed by atoms with Gasteiger partial charge in [0.05, 0.1) is 19.6 Å². The number of carbonyl (C=O) groups excluding carboxylic acids is 1. The van der Waals surface area contributed by atoms with Gasteiger partial charge in [0.25, 0.3) is 0 Å². The number of nitrogens with zero attached hydrogens (tertiary/aromatic N) is 3. The number of benzene rings is 9. The number of carbonyl (C=O) groups is 1. The topological polar surface area (TPSA) is 54.5 Å². The highest BCUT2D eigenvalue weighted by molar-refractivity contribution is 5.90.